The maximum Gasteiger partial charge on any atom is 0.269 e. The van der Waals surface area contributed by atoms with E-state index in [2.05, 4.69) is 4.90 Å². The van der Waals surface area contributed by atoms with Crippen LogP contribution >= 0.6 is 23.4 Å². The summed E-state index contributed by atoms with van der Waals surface area (Å²) in [6.45, 7) is 4.73. The fourth-order valence-electron chi connectivity index (χ4n) is 3.02. The second-order valence-corrected chi connectivity index (χ2v) is 8.15. The van der Waals surface area contributed by atoms with Crippen molar-refractivity contribution in [2.45, 2.75) is 17.1 Å². The molecular formula is C19H20ClN3O3S. The number of piperazine rings is 1. The molecule has 27 heavy (non-hydrogen) atoms. The molecule has 0 aliphatic carbocycles. The minimum absolute atomic E-state index is 0.0514. The Labute approximate surface area is 167 Å². The SMILES string of the molecule is CC(Sc1ccc([N+](=O)[O-])cc1)C(=O)N1CCN(c2cccc(Cl)c2)CC1. The molecule has 0 aromatic heterocycles. The van der Waals surface area contributed by atoms with Gasteiger partial charge in [-0.2, -0.15) is 0 Å². The lowest BCUT2D eigenvalue weighted by atomic mass is 10.2. The number of halogens is 1. The monoisotopic (exact) mass is 405 g/mol. The zero-order valence-corrected chi connectivity index (χ0v) is 16.4. The molecule has 3 rings (SSSR count). The summed E-state index contributed by atoms with van der Waals surface area (Å²) in [5, 5.41) is 11.2. The van der Waals surface area contributed by atoms with E-state index in [1.807, 2.05) is 36.1 Å². The van der Waals surface area contributed by atoms with Crippen molar-refractivity contribution in [3.8, 4) is 0 Å². The highest BCUT2D eigenvalue weighted by Gasteiger charge is 2.25. The summed E-state index contributed by atoms with van der Waals surface area (Å²) in [6.07, 6.45) is 0. The predicted octanol–water partition coefficient (Wildman–Crippen LogP) is 4.08. The first-order chi connectivity index (χ1) is 12.9. The summed E-state index contributed by atoms with van der Waals surface area (Å²) in [6, 6.07) is 14.0. The maximum atomic E-state index is 12.7. The van der Waals surface area contributed by atoms with Crippen LogP contribution < -0.4 is 4.90 Å². The second kappa shape index (κ2) is 8.63. The van der Waals surface area contributed by atoms with E-state index in [1.54, 1.807) is 12.1 Å². The molecule has 2 aromatic rings. The van der Waals surface area contributed by atoms with E-state index >= 15 is 0 Å². The van der Waals surface area contributed by atoms with Gasteiger partial charge in [-0.15, -0.1) is 11.8 Å². The first-order valence-electron chi connectivity index (χ1n) is 8.64. The Morgan fingerprint density at radius 3 is 2.41 bits per heavy atom. The number of carbonyl (C=O) groups excluding carboxylic acids is 1. The second-order valence-electron chi connectivity index (χ2n) is 6.30. The summed E-state index contributed by atoms with van der Waals surface area (Å²) in [5.41, 5.74) is 1.12. The number of non-ortho nitro benzene ring substituents is 1. The topological polar surface area (TPSA) is 66.7 Å². The summed E-state index contributed by atoms with van der Waals surface area (Å²) < 4.78 is 0. The average Bonchev–Trinajstić information content (AvgIpc) is 2.68. The molecule has 1 unspecified atom stereocenters. The van der Waals surface area contributed by atoms with Gasteiger partial charge in [0.2, 0.25) is 5.91 Å². The third kappa shape index (κ3) is 4.93. The highest BCUT2D eigenvalue weighted by Crippen LogP contribution is 2.27. The van der Waals surface area contributed by atoms with E-state index in [0.717, 1.165) is 23.7 Å². The zero-order chi connectivity index (χ0) is 19.4. The van der Waals surface area contributed by atoms with Gasteiger partial charge >= 0.3 is 0 Å². The number of rotatable bonds is 5. The number of carbonyl (C=O) groups is 1. The maximum absolute atomic E-state index is 12.7. The van der Waals surface area contributed by atoms with E-state index < -0.39 is 4.92 Å². The molecule has 0 N–H and O–H groups in total. The van der Waals surface area contributed by atoms with Crippen molar-refractivity contribution in [2.24, 2.45) is 0 Å². The van der Waals surface area contributed by atoms with Crippen molar-refractivity contribution in [3.63, 3.8) is 0 Å². The van der Waals surface area contributed by atoms with Gasteiger partial charge in [-0.3, -0.25) is 14.9 Å². The largest absolute Gasteiger partial charge is 0.368 e. The summed E-state index contributed by atoms with van der Waals surface area (Å²) in [4.78, 5) is 28.0. The minimum Gasteiger partial charge on any atom is -0.368 e. The van der Waals surface area contributed by atoms with Crippen LogP contribution in [0, 0.1) is 10.1 Å². The Morgan fingerprint density at radius 2 is 1.81 bits per heavy atom. The van der Waals surface area contributed by atoms with Crippen molar-refractivity contribution in [1.82, 2.24) is 4.90 Å². The number of thioether (sulfide) groups is 1. The fraction of sp³-hybridized carbons (Fsp3) is 0.316. The number of anilines is 1. The quantitative estimate of drug-likeness (QED) is 0.426. The summed E-state index contributed by atoms with van der Waals surface area (Å²) in [5.74, 6) is 0.0871. The van der Waals surface area contributed by atoms with Crippen LogP contribution in [0.4, 0.5) is 11.4 Å². The van der Waals surface area contributed by atoms with Gasteiger partial charge in [0.05, 0.1) is 10.2 Å². The Morgan fingerprint density at radius 1 is 1.15 bits per heavy atom. The Balaban J connectivity index is 1.54. The van der Waals surface area contributed by atoms with Gasteiger partial charge in [-0.25, -0.2) is 0 Å². The number of nitro benzene ring substituents is 1. The number of hydrogen-bond donors (Lipinski definition) is 0. The lowest BCUT2D eigenvalue weighted by Gasteiger charge is -2.37. The number of nitro groups is 1. The fourth-order valence-corrected chi connectivity index (χ4v) is 4.15. The van der Waals surface area contributed by atoms with Crippen LogP contribution in [-0.4, -0.2) is 47.2 Å². The van der Waals surface area contributed by atoms with Crippen molar-refractivity contribution >= 4 is 40.6 Å². The van der Waals surface area contributed by atoms with Crippen LogP contribution in [0.15, 0.2) is 53.4 Å². The predicted molar refractivity (Wildman–Crippen MR) is 109 cm³/mol. The Hall–Kier alpha value is -2.25. The molecule has 0 spiro atoms. The highest BCUT2D eigenvalue weighted by atomic mass is 35.5. The van der Waals surface area contributed by atoms with E-state index in [9.17, 15) is 14.9 Å². The molecule has 1 atom stereocenters. The van der Waals surface area contributed by atoms with E-state index in [1.165, 1.54) is 23.9 Å². The highest BCUT2D eigenvalue weighted by molar-refractivity contribution is 8.00. The van der Waals surface area contributed by atoms with E-state index in [4.69, 9.17) is 11.6 Å². The molecule has 8 heteroatoms. The smallest absolute Gasteiger partial charge is 0.269 e. The zero-order valence-electron chi connectivity index (χ0n) is 14.9. The first-order valence-corrected chi connectivity index (χ1v) is 9.90. The lowest BCUT2D eigenvalue weighted by Crippen LogP contribution is -2.50. The molecule has 0 bridgehead atoms. The van der Waals surface area contributed by atoms with E-state index in [-0.39, 0.29) is 16.8 Å². The minimum atomic E-state index is -0.428. The van der Waals surface area contributed by atoms with Gasteiger partial charge in [0, 0.05) is 53.9 Å². The molecular weight excluding hydrogens is 386 g/mol. The number of nitrogens with zero attached hydrogens (tertiary/aromatic N) is 3. The molecule has 1 aliphatic heterocycles. The van der Waals surface area contributed by atoms with Crippen molar-refractivity contribution in [3.05, 3.63) is 63.7 Å². The van der Waals surface area contributed by atoms with E-state index in [0.29, 0.717) is 18.1 Å². The Bertz CT molecular complexity index is 823. The summed E-state index contributed by atoms with van der Waals surface area (Å²) in [7, 11) is 0. The molecule has 0 saturated carbocycles. The average molecular weight is 406 g/mol. The molecule has 1 amide bonds. The number of amides is 1. The normalized spacial score (nSPS) is 15.5. The third-order valence-electron chi connectivity index (χ3n) is 4.47. The van der Waals surface area contributed by atoms with Gasteiger partial charge in [0.25, 0.3) is 5.69 Å². The van der Waals surface area contributed by atoms with Crippen LogP contribution in [0.3, 0.4) is 0 Å². The van der Waals surface area contributed by atoms with Crippen LogP contribution in [0.25, 0.3) is 0 Å². The van der Waals surface area contributed by atoms with Gasteiger partial charge in [0.15, 0.2) is 0 Å². The molecule has 1 aliphatic rings. The molecule has 0 radical (unpaired) electrons. The molecule has 1 fully saturated rings. The molecule has 142 valence electrons. The van der Waals surface area contributed by atoms with Gasteiger partial charge in [-0.1, -0.05) is 17.7 Å². The molecule has 1 heterocycles. The standard InChI is InChI=1S/C19H20ClN3O3S/c1-14(27-18-7-5-16(6-8-18)23(25)26)19(24)22-11-9-21(10-12-22)17-4-2-3-15(20)13-17/h2-8,13-14H,9-12H2,1H3. The molecule has 2 aromatic carbocycles. The van der Waals surface area contributed by atoms with Crippen LogP contribution in [-0.2, 0) is 4.79 Å². The van der Waals surface area contributed by atoms with Gasteiger partial charge < -0.3 is 9.80 Å². The lowest BCUT2D eigenvalue weighted by molar-refractivity contribution is -0.384. The van der Waals surface area contributed by atoms with Gasteiger partial charge in [0.1, 0.15) is 0 Å². The Kier molecular flexibility index (Phi) is 6.23. The van der Waals surface area contributed by atoms with Crippen molar-refractivity contribution < 1.29 is 9.72 Å². The molecule has 6 nitrogen and oxygen atoms in total. The summed E-state index contributed by atoms with van der Waals surface area (Å²) >= 11 is 7.48. The third-order valence-corrected chi connectivity index (χ3v) is 5.81. The number of benzene rings is 2. The van der Waals surface area contributed by atoms with Crippen LogP contribution in [0.1, 0.15) is 6.92 Å². The van der Waals surface area contributed by atoms with Crippen LogP contribution in [0.2, 0.25) is 5.02 Å². The van der Waals surface area contributed by atoms with Crippen LogP contribution in [0.5, 0.6) is 0 Å². The molecule has 1 saturated heterocycles. The first kappa shape index (κ1) is 19.5. The van der Waals surface area contributed by atoms with Crippen molar-refractivity contribution in [1.29, 1.82) is 0 Å². The number of hydrogen-bond acceptors (Lipinski definition) is 5. The van der Waals surface area contributed by atoms with Gasteiger partial charge in [-0.05, 0) is 37.3 Å². The van der Waals surface area contributed by atoms with Crippen molar-refractivity contribution in [2.75, 3.05) is 31.1 Å².